The lowest BCUT2D eigenvalue weighted by Gasteiger charge is -2.19. The summed E-state index contributed by atoms with van der Waals surface area (Å²) >= 11 is 0. The summed E-state index contributed by atoms with van der Waals surface area (Å²) in [6.07, 6.45) is 47.0. The molecular formula is C45H82NO8P. The smallest absolute Gasteiger partial charge is 0.462 e. The molecule has 0 aliphatic rings. The first-order valence-corrected chi connectivity index (χ1v) is 23.6. The van der Waals surface area contributed by atoms with Crippen LogP contribution in [0.15, 0.2) is 48.6 Å². The maximum absolute atomic E-state index is 12.6. The number of hydrogen-bond acceptors (Lipinski definition) is 8. The molecule has 0 heterocycles. The van der Waals surface area contributed by atoms with Crippen molar-refractivity contribution >= 4 is 19.8 Å². The molecule has 0 saturated carbocycles. The van der Waals surface area contributed by atoms with Gasteiger partial charge in [-0.3, -0.25) is 18.6 Å². The molecule has 0 bridgehead atoms. The molecule has 0 saturated heterocycles. The summed E-state index contributed by atoms with van der Waals surface area (Å²) in [6.45, 7) is 3.67. The second-order valence-electron chi connectivity index (χ2n) is 14.6. The van der Waals surface area contributed by atoms with E-state index in [4.69, 9.17) is 24.3 Å². The van der Waals surface area contributed by atoms with Crippen LogP contribution >= 0.6 is 7.82 Å². The van der Waals surface area contributed by atoms with E-state index >= 15 is 0 Å². The molecule has 9 nitrogen and oxygen atoms in total. The van der Waals surface area contributed by atoms with Gasteiger partial charge in [-0.15, -0.1) is 0 Å². The van der Waals surface area contributed by atoms with Crippen molar-refractivity contribution in [2.75, 3.05) is 26.4 Å². The Morgan fingerprint density at radius 1 is 0.545 bits per heavy atom. The Morgan fingerprint density at radius 3 is 1.45 bits per heavy atom. The minimum absolute atomic E-state index is 0.0481. The van der Waals surface area contributed by atoms with Crippen molar-refractivity contribution < 1.29 is 37.6 Å². The molecule has 0 aliphatic carbocycles. The Balaban J connectivity index is 4.19. The molecule has 0 rings (SSSR count). The largest absolute Gasteiger partial charge is 0.472 e. The Kier molecular flexibility index (Phi) is 40.1. The molecule has 55 heavy (non-hydrogen) atoms. The third-order valence-corrected chi connectivity index (χ3v) is 10.2. The van der Waals surface area contributed by atoms with E-state index in [1.54, 1.807) is 0 Å². The van der Waals surface area contributed by atoms with Gasteiger partial charge in [0.1, 0.15) is 6.61 Å². The van der Waals surface area contributed by atoms with E-state index in [1.165, 1.54) is 89.9 Å². The first kappa shape index (κ1) is 53.0. The highest BCUT2D eigenvalue weighted by Gasteiger charge is 2.26. The zero-order chi connectivity index (χ0) is 40.3. The summed E-state index contributed by atoms with van der Waals surface area (Å²) in [6, 6.07) is 0. The fraction of sp³-hybridized carbons (Fsp3) is 0.778. The summed E-state index contributed by atoms with van der Waals surface area (Å²) in [5, 5.41) is 0. The molecule has 320 valence electrons. The van der Waals surface area contributed by atoms with Crippen LogP contribution in [0, 0.1) is 0 Å². The Morgan fingerprint density at radius 2 is 0.945 bits per heavy atom. The van der Waals surface area contributed by atoms with Gasteiger partial charge in [0.15, 0.2) is 6.10 Å². The summed E-state index contributed by atoms with van der Waals surface area (Å²) < 4.78 is 32.8. The summed E-state index contributed by atoms with van der Waals surface area (Å²) in [4.78, 5) is 34.9. The number of carbonyl (C=O) groups excluding carboxylic acids is 2. The lowest BCUT2D eigenvalue weighted by molar-refractivity contribution is -0.161. The van der Waals surface area contributed by atoms with E-state index in [0.717, 1.165) is 64.2 Å². The maximum atomic E-state index is 12.6. The molecule has 0 aliphatic heterocycles. The van der Waals surface area contributed by atoms with Gasteiger partial charge in [-0.1, -0.05) is 152 Å². The highest BCUT2D eigenvalue weighted by atomic mass is 31.2. The third kappa shape index (κ3) is 41.4. The predicted octanol–water partition coefficient (Wildman–Crippen LogP) is 12.7. The van der Waals surface area contributed by atoms with Gasteiger partial charge in [0.05, 0.1) is 13.2 Å². The first-order valence-electron chi connectivity index (χ1n) is 22.1. The van der Waals surface area contributed by atoms with Crippen LogP contribution in [0.5, 0.6) is 0 Å². The van der Waals surface area contributed by atoms with Gasteiger partial charge in [-0.25, -0.2) is 4.57 Å². The van der Waals surface area contributed by atoms with E-state index < -0.39 is 32.5 Å². The van der Waals surface area contributed by atoms with Crippen molar-refractivity contribution in [3.8, 4) is 0 Å². The average Bonchev–Trinajstić information content (AvgIpc) is 3.17. The molecule has 2 atom stereocenters. The highest BCUT2D eigenvalue weighted by Crippen LogP contribution is 2.43. The molecule has 0 spiro atoms. The van der Waals surface area contributed by atoms with Crippen LogP contribution in [0.3, 0.4) is 0 Å². The number of unbranched alkanes of at least 4 members (excludes halogenated alkanes) is 20. The topological polar surface area (TPSA) is 134 Å². The van der Waals surface area contributed by atoms with Gasteiger partial charge in [-0.2, -0.15) is 0 Å². The summed E-state index contributed by atoms with van der Waals surface area (Å²) in [7, 11) is -4.38. The van der Waals surface area contributed by atoms with Crippen molar-refractivity contribution in [3.05, 3.63) is 48.6 Å². The van der Waals surface area contributed by atoms with Crippen molar-refractivity contribution in [3.63, 3.8) is 0 Å². The number of allylic oxidation sites excluding steroid dienone is 8. The number of phosphoric acid groups is 1. The van der Waals surface area contributed by atoms with Crippen LogP contribution in [0.4, 0.5) is 0 Å². The number of hydrogen-bond donors (Lipinski definition) is 2. The van der Waals surface area contributed by atoms with E-state index in [9.17, 15) is 19.0 Å². The van der Waals surface area contributed by atoms with Crippen molar-refractivity contribution in [2.24, 2.45) is 5.73 Å². The van der Waals surface area contributed by atoms with E-state index in [1.807, 2.05) is 0 Å². The van der Waals surface area contributed by atoms with E-state index in [2.05, 4.69) is 62.5 Å². The van der Waals surface area contributed by atoms with Crippen LogP contribution in [0.1, 0.15) is 194 Å². The number of ether oxygens (including phenoxy) is 2. The standard InChI is InChI=1S/C45H82NO8P/c1-3-5-7-9-11-13-15-17-19-21-23-25-27-29-31-33-35-37-44(47)51-41-43(42-53-55(49,50)52-40-39-46)54-45(48)38-36-34-32-30-28-26-24-22-20-18-16-14-12-10-8-6-4-2/h11,13,17-20,23,25,43H,3-10,12,14-16,21-22,24,26-42,46H2,1-2H3,(H,49,50). The van der Waals surface area contributed by atoms with Crippen molar-refractivity contribution in [2.45, 2.75) is 200 Å². The molecule has 0 aromatic rings. The van der Waals surface area contributed by atoms with Crippen LogP contribution in [0.25, 0.3) is 0 Å². The molecule has 0 radical (unpaired) electrons. The van der Waals surface area contributed by atoms with Gasteiger partial charge in [0, 0.05) is 19.4 Å². The quantitative estimate of drug-likeness (QED) is 0.0268. The second-order valence-corrected chi connectivity index (χ2v) is 16.0. The molecule has 0 aromatic heterocycles. The van der Waals surface area contributed by atoms with Crippen LogP contribution in [-0.2, 0) is 32.7 Å². The molecular weight excluding hydrogens is 713 g/mol. The number of esters is 2. The average molecular weight is 796 g/mol. The molecule has 0 fully saturated rings. The monoisotopic (exact) mass is 796 g/mol. The van der Waals surface area contributed by atoms with Crippen molar-refractivity contribution in [1.29, 1.82) is 0 Å². The Hall–Kier alpha value is -2.03. The molecule has 0 aromatic carbocycles. The number of rotatable bonds is 41. The number of phosphoric ester groups is 1. The maximum Gasteiger partial charge on any atom is 0.472 e. The Bertz CT molecular complexity index is 1040. The molecule has 2 unspecified atom stereocenters. The lowest BCUT2D eigenvalue weighted by atomic mass is 10.1. The fourth-order valence-electron chi connectivity index (χ4n) is 5.87. The lowest BCUT2D eigenvalue weighted by Crippen LogP contribution is -2.29. The van der Waals surface area contributed by atoms with Crippen LogP contribution in [0.2, 0.25) is 0 Å². The predicted molar refractivity (Wildman–Crippen MR) is 229 cm³/mol. The van der Waals surface area contributed by atoms with Gasteiger partial charge < -0.3 is 20.1 Å². The van der Waals surface area contributed by atoms with Gasteiger partial charge in [-0.05, 0) is 77.0 Å². The van der Waals surface area contributed by atoms with E-state index in [-0.39, 0.29) is 32.6 Å². The Labute approximate surface area is 336 Å². The second kappa shape index (κ2) is 41.6. The third-order valence-electron chi connectivity index (χ3n) is 9.19. The van der Waals surface area contributed by atoms with E-state index in [0.29, 0.717) is 12.8 Å². The zero-order valence-electron chi connectivity index (χ0n) is 35.2. The van der Waals surface area contributed by atoms with Crippen molar-refractivity contribution in [1.82, 2.24) is 0 Å². The molecule has 3 N–H and O–H groups in total. The fourth-order valence-corrected chi connectivity index (χ4v) is 6.64. The summed E-state index contributed by atoms with van der Waals surface area (Å²) in [5.41, 5.74) is 5.35. The normalized spacial score (nSPS) is 13.7. The summed E-state index contributed by atoms with van der Waals surface area (Å²) in [5.74, 6) is -0.859. The minimum atomic E-state index is -4.38. The van der Waals surface area contributed by atoms with Gasteiger partial charge in [0.25, 0.3) is 0 Å². The number of carbonyl (C=O) groups is 2. The highest BCUT2D eigenvalue weighted by molar-refractivity contribution is 7.47. The minimum Gasteiger partial charge on any atom is -0.462 e. The SMILES string of the molecule is CCCCCC=CCC=CCC=CCCCCCCC(=O)OCC(COP(=O)(O)OCCN)OC(=O)CCCCCCCCCC=CCCCCCCCC. The van der Waals surface area contributed by atoms with Crippen LogP contribution in [-0.4, -0.2) is 49.3 Å². The van der Waals surface area contributed by atoms with Gasteiger partial charge in [0.2, 0.25) is 0 Å². The van der Waals surface area contributed by atoms with Crippen LogP contribution < -0.4 is 5.73 Å². The number of nitrogens with two attached hydrogens (primary N) is 1. The first-order chi connectivity index (χ1) is 26.8. The molecule has 0 amide bonds. The zero-order valence-corrected chi connectivity index (χ0v) is 36.0. The molecule has 10 heteroatoms. The van der Waals surface area contributed by atoms with Gasteiger partial charge >= 0.3 is 19.8 Å².